The highest BCUT2D eigenvalue weighted by molar-refractivity contribution is 6.09. The molecule has 0 spiro atoms. The lowest BCUT2D eigenvalue weighted by atomic mass is 9.71. The van der Waals surface area contributed by atoms with Crippen LogP contribution in [0.1, 0.15) is 52.4 Å². The van der Waals surface area contributed by atoms with E-state index in [0.29, 0.717) is 16.6 Å². The molecule has 0 bridgehead atoms. The Labute approximate surface area is 200 Å². The van der Waals surface area contributed by atoms with E-state index in [9.17, 15) is 4.39 Å². The normalized spacial score (nSPS) is 17.7. The number of pyridine rings is 1. The van der Waals surface area contributed by atoms with E-state index >= 15 is 0 Å². The van der Waals surface area contributed by atoms with Crippen molar-refractivity contribution in [2.24, 2.45) is 5.41 Å². The fourth-order valence-electron chi connectivity index (χ4n) is 5.15. The number of fused-ring (bicyclic) bond motifs is 3. The van der Waals surface area contributed by atoms with Gasteiger partial charge in [-0.15, -0.1) is 0 Å². The van der Waals surface area contributed by atoms with Crippen molar-refractivity contribution >= 4 is 21.9 Å². The molecule has 1 saturated carbocycles. The number of benzene rings is 3. The molecule has 2 aromatic heterocycles. The molecule has 3 heteroatoms. The maximum absolute atomic E-state index is 13.8. The summed E-state index contributed by atoms with van der Waals surface area (Å²) < 4.78 is 28.9. The number of rotatable bonds is 3. The maximum atomic E-state index is 13.8. The second-order valence-electron chi connectivity index (χ2n) is 10.2. The molecule has 0 saturated heterocycles. The monoisotopic (exact) mass is 450 g/mol. The first kappa shape index (κ1) is 20.0. The van der Waals surface area contributed by atoms with E-state index in [2.05, 4.69) is 49.2 Å². The number of hydrogen-bond acceptors (Lipinski definition) is 2. The van der Waals surface area contributed by atoms with E-state index < -0.39 is 5.89 Å². The maximum Gasteiger partial charge on any atom is 0.144 e. The number of nitrogens with zero attached hydrogens (tertiary/aromatic N) is 1. The van der Waals surface area contributed by atoms with Crippen LogP contribution in [0, 0.1) is 11.2 Å². The van der Waals surface area contributed by atoms with Crippen molar-refractivity contribution in [2.75, 3.05) is 0 Å². The highest BCUT2D eigenvalue weighted by Crippen LogP contribution is 2.43. The van der Waals surface area contributed by atoms with Crippen LogP contribution in [0.15, 0.2) is 83.4 Å². The van der Waals surface area contributed by atoms with Crippen LogP contribution in [0.25, 0.3) is 44.3 Å². The fraction of sp³-hybridized carbons (Fsp3) is 0.258. The number of para-hydroxylation sites is 1. The van der Waals surface area contributed by atoms with E-state index in [0.717, 1.165) is 64.4 Å². The van der Waals surface area contributed by atoms with Crippen molar-refractivity contribution in [2.45, 2.75) is 45.4 Å². The predicted molar refractivity (Wildman–Crippen MR) is 137 cm³/mol. The third kappa shape index (κ3) is 3.79. The van der Waals surface area contributed by atoms with Crippen molar-refractivity contribution in [1.29, 1.82) is 0 Å². The standard InChI is InChI=1S/C31H28FNO/c1-31(2)15-12-22(13-16-31)20-6-8-21(9-7-20)23-14-17-33-28(18-23)27-5-3-4-26-25-11-10-24(32)19-29(25)34-30(26)27/h3-11,14,17-19,22H,12-13,15-16H2,1-2H3/i22D. The van der Waals surface area contributed by atoms with Gasteiger partial charge in [0.2, 0.25) is 0 Å². The van der Waals surface area contributed by atoms with Crippen molar-refractivity contribution < 1.29 is 10.2 Å². The molecule has 0 radical (unpaired) electrons. The van der Waals surface area contributed by atoms with E-state index in [1.165, 1.54) is 12.1 Å². The van der Waals surface area contributed by atoms with Gasteiger partial charge in [-0.1, -0.05) is 50.2 Å². The van der Waals surface area contributed by atoms with Crippen LogP contribution < -0.4 is 0 Å². The van der Waals surface area contributed by atoms with Gasteiger partial charge in [0.1, 0.15) is 17.0 Å². The summed E-state index contributed by atoms with van der Waals surface area (Å²) in [7, 11) is 0. The lowest BCUT2D eigenvalue weighted by molar-refractivity contribution is 0.224. The average Bonchev–Trinajstić information content (AvgIpc) is 3.24. The van der Waals surface area contributed by atoms with Gasteiger partial charge in [0.15, 0.2) is 0 Å². The molecule has 3 aromatic carbocycles. The van der Waals surface area contributed by atoms with Gasteiger partial charge in [0.05, 0.1) is 5.69 Å². The number of aromatic nitrogens is 1. The molecule has 1 aliphatic rings. The summed E-state index contributed by atoms with van der Waals surface area (Å²) in [5.74, 6) is -0.804. The second kappa shape index (κ2) is 8.09. The molecule has 2 heterocycles. The van der Waals surface area contributed by atoms with E-state index in [1.807, 2.05) is 30.5 Å². The Morgan fingerprint density at radius 2 is 1.71 bits per heavy atom. The first-order valence-corrected chi connectivity index (χ1v) is 12.0. The van der Waals surface area contributed by atoms with Crippen LogP contribution >= 0.6 is 0 Å². The molecule has 5 aromatic rings. The predicted octanol–water partition coefficient (Wildman–Crippen LogP) is 9.14. The zero-order valence-corrected chi connectivity index (χ0v) is 19.6. The third-order valence-electron chi connectivity index (χ3n) is 7.33. The number of halogens is 1. The molecule has 6 rings (SSSR count). The highest BCUT2D eigenvalue weighted by atomic mass is 19.1. The lowest BCUT2D eigenvalue weighted by Crippen LogP contribution is -2.20. The minimum absolute atomic E-state index is 0.312. The van der Waals surface area contributed by atoms with Crippen LogP contribution in [0.3, 0.4) is 0 Å². The van der Waals surface area contributed by atoms with Gasteiger partial charge < -0.3 is 4.42 Å². The zero-order chi connectivity index (χ0) is 24.2. The lowest BCUT2D eigenvalue weighted by Gasteiger charge is -2.34. The van der Waals surface area contributed by atoms with Crippen LogP contribution in [-0.2, 0) is 0 Å². The minimum Gasteiger partial charge on any atom is -0.455 e. The summed E-state index contributed by atoms with van der Waals surface area (Å²) in [5, 5.41) is 1.84. The summed E-state index contributed by atoms with van der Waals surface area (Å²) in [6, 6.07) is 23.2. The van der Waals surface area contributed by atoms with Crippen LogP contribution in [0.5, 0.6) is 0 Å². The molecule has 2 nitrogen and oxygen atoms in total. The Hall–Kier alpha value is -3.46. The Kier molecular flexibility index (Phi) is 4.75. The number of hydrogen-bond donors (Lipinski definition) is 0. The highest BCUT2D eigenvalue weighted by Gasteiger charge is 2.27. The Morgan fingerprint density at radius 1 is 0.912 bits per heavy atom. The molecule has 1 aliphatic carbocycles. The molecular formula is C31H28FNO. The van der Waals surface area contributed by atoms with Crippen LogP contribution in [0.4, 0.5) is 4.39 Å². The molecule has 170 valence electrons. The molecule has 0 aliphatic heterocycles. The fourth-order valence-corrected chi connectivity index (χ4v) is 5.15. The molecule has 0 N–H and O–H groups in total. The van der Waals surface area contributed by atoms with Crippen molar-refractivity contribution in [3.05, 3.63) is 90.4 Å². The average molecular weight is 451 g/mol. The first-order chi connectivity index (χ1) is 16.8. The smallest absolute Gasteiger partial charge is 0.144 e. The molecule has 0 unspecified atom stereocenters. The van der Waals surface area contributed by atoms with Crippen molar-refractivity contribution in [1.82, 2.24) is 4.98 Å². The van der Waals surface area contributed by atoms with Crippen LogP contribution in [-0.4, -0.2) is 4.98 Å². The molecule has 1 fully saturated rings. The summed E-state index contributed by atoms with van der Waals surface area (Å²) in [6.07, 6.45) is 5.81. The summed E-state index contributed by atoms with van der Waals surface area (Å²) >= 11 is 0. The minimum atomic E-state index is -0.492. The summed E-state index contributed by atoms with van der Waals surface area (Å²) in [6.45, 7) is 4.61. The van der Waals surface area contributed by atoms with Crippen LogP contribution in [0.2, 0.25) is 0 Å². The third-order valence-corrected chi connectivity index (χ3v) is 7.33. The summed E-state index contributed by atoms with van der Waals surface area (Å²) in [4.78, 5) is 4.62. The molecule has 0 amide bonds. The van der Waals surface area contributed by atoms with Crippen molar-refractivity contribution in [3.8, 4) is 22.4 Å². The van der Waals surface area contributed by atoms with Crippen molar-refractivity contribution in [3.63, 3.8) is 0 Å². The SMILES string of the molecule is [2H]C1(c2ccc(-c3ccnc(-c4cccc5c4oc4cc(F)ccc45)c3)cc2)CCC(C)(C)CC1. The second-order valence-corrected chi connectivity index (χ2v) is 10.2. The number of furan rings is 1. The largest absolute Gasteiger partial charge is 0.455 e. The Morgan fingerprint density at radius 3 is 2.50 bits per heavy atom. The Bertz CT molecular complexity index is 1540. The topological polar surface area (TPSA) is 26.0 Å². The van der Waals surface area contributed by atoms with Gasteiger partial charge in [0, 0.05) is 30.0 Å². The summed E-state index contributed by atoms with van der Waals surface area (Å²) in [5.41, 5.74) is 6.54. The van der Waals surface area contributed by atoms with Gasteiger partial charge in [0.25, 0.3) is 0 Å². The van der Waals surface area contributed by atoms with E-state index in [-0.39, 0.29) is 5.82 Å². The van der Waals surface area contributed by atoms with Gasteiger partial charge >= 0.3 is 0 Å². The molecule has 34 heavy (non-hydrogen) atoms. The molecular weight excluding hydrogens is 421 g/mol. The first-order valence-electron chi connectivity index (χ1n) is 12.5. The molecule has 0 atom stereocenters. The van der Waals surface area contributed by atoms with Gasteiger partial charge in [-0.25, -0.2) is 4.39 Å². The van der Waals surface area contributed by atoms with Gasteiger partial charge in [-0.05, 0) is 84.0 Å². The van der Waals surface area contributed by atoms with Gasteiger partial charge in [-0.2, -0.15) is 0 Å². The van der Waals surface area contributed by atoms with E-state index in [1.54, 1.807) is 6.07 Å². The zero-order valence-electron chi connectivity index (χ0n) is 20.6. The Balaban J connectivity index is 1.35. The quantitative estimate of drug-likeness (QED) is 0.274. The van der Waals surface area contributed by atoms with Gasteiger partial charge in [-0.3, -0.25) is 4.98 Å². The van der Waals surface area contributed by atoms with E-state index in [4.69, 9.17) is 5.79 Å².